The van der Waals surface area contributed by atoms with Crippen molar-refractivity contribution in [3.05, 3.63) is 46.6 Å². The van der Waals surface area contributed by atoms with Gasteiger partial charge in [-0.1, -0.05) is 35.0 Å². The van der Waals surface area contributed by atoms with Crippen molar-refractivity contribution < 1.29 is 4.42 Å². The largest absolute Gasteiger partial charge is 0.460 e. The van der Waals surface area contributed by atoms with Crippen LogP contribution in [0.25, 0.3) is 11.3 Å². The number of nitrogens with zero attached hydrogens (tertiary/aromatic N) is 1. The maximum absolute atomic E-state index is 6.10. The van der Waals surface area contributed by atoms with Gasteiger partial charge in [-0.05, 0) is 36.6 Å². The number of hydrogen-bond acceptors (Lipinski definition) is 3. The molecule has 112 valence electrons. The van der Waals surface area contributed by atoms with Crippen LogP contribution >= 0.6 is 15.9 Å². The van der Waals surface area contributed by atoms with Gasteiger partial charge in [0.25, 0.3) is 0 Å². The zero-order chi connectivity index (χ0) is 14.8. The van der Waals surface area contributed by atoms with Gasteiger partial charge in [0.15, 0.2) is 0 Å². The van der Waals surface area contributed by atoms with Gasteiger partial charge in [0, 0.05) is 29.2 Å². The predicted octanol–water partition coefficient (Wildman–Crippen LogP) is 3.88. The second kappa shape index (κ2) is 6.34. The molecule has 0 radical (unpaired) electrons. The van der Waals surface area contributed by atoms with Crippen molar-refractivity contribution in [2.24, 2.45) is 11.7 Å². The van der Waals surface area contributed by atoms with Crippen LogP contribution in [-0.2, 0) is 6.54 Å². The van der Waals surface area contributed by atoms with Crippen LogP contribution in [0.15, 0.2) is 45.3 Å². The molecule has 1 aromatic carbocycles. The first kappa shape index (κ1) is 14.8. The number of furan rings is 1. The maximum Gasteiger partial charge on any atom is 0.134 e. The summed E-state index contributed by atoms with van der Waals surface area (Å²) in [7, 11) is 0. The second-order valence-corrected chi connectivity index (χ2v) is 6.98. The second-order valence-electron chi connectivity index (χ2n) is 6.07. The summed E-state index contributed by atoms with van der Waals surface area (Å²) in [5, 5.41) is 0. The molecule has 1 aliphatic rings. The SMILES string of the molecule is CC1CC(N)CN(Cc2ccc(-c3ccc(Br)cc3)o2)C1. The van der Waals surface area contributed by atoms with Gasteiger partial charge in [0.05, 0.1) is 6.54 Å². The van der Waals surface area contributed by atoms with Crippen molar-refractivity contribution >= 4 is 15.9 Å². The summed E-state index contributed by atoms with van der Waals surface area (Å²) in [6.07, 6.45) is 1.12. The summed E-state index contributed by atoms with van der Waals surface area (Å²) in [4.78, 5) is 2.39. The standard InChI is InChI=1S/C17H21BrN2O/c1-12-8-15(19)10-20(9-12)11-16-6-7-17(21-16)13-2-4-14(18)5-3-13/h2-7,12,15H,8-11,19H2,1H3. The molecule has 1 aromatic heterocycles. The maximum atomic E-state index is 6.10. The summed E-state index contributed by atoms with van der Waals surface area (Å²) in [5.41, 5.74) is 7.21. The number of piperidine rings is 1. The van der Waals surface area contributed by atoms with E-state index in [0.29, 0.717) is 5.92 Å². The summed E-state index contributed by atoms with van der Waals surface area (Å²) < 4.78 is 7.06. The first-order chi connectivity index (χ1) is 10.1. The van der Waals surface area contributed by atoms with Crippen LogP contribution in [0.1, 0.15) is 19.1 Å². The van der Waals surface area contributed by atoms with Crippen LogP contribution in [0.4, 0.5) is 0 Å². The van der Waals surface area contributed by atoms with Crippen LogP contribution in [0, 0.1) is 5.92 Å². The van der Waals surface area contributed by atoms with E-state index in [2.05, 4.69) is 46.0 Å². The van der Waals surface area contributed by atoms with Crippen molar-refractivity contribution in [3.8, 4) is 11.3 Å². The van der Waals surface area contributed by atoms with E-state index in [9.17, 15) is 0 Å². The highest BCUT2D eigenvalue weighted by Gasteiger charge is 2.22. The van der Waals surface area contributed by atoms with Crippen LogP contribution < -0.4 is 5.73 Å². The molecule has 3 rings (SSSR count). The molecule has 0 bridgehead atoms. The fraction of sp³-hybridized carbons (Fsp3) is 0.412. The molecule has 3 nitrogen and oxygen atoms in total. The van der Waals surface area contributed by atoms with Crippen LogP contribution in [0.2, 0.25) is 0 Å². The minimum absolute atomic E-state index is 0.287. The Labute approximate surface area is 134 Å². The Hall–Kier alpha value is -1.10. The van der Waals surface area contributed by atoms with Crippen LogP contribution in [0.3, 0.4) is 0 Å². The Kier molecular flexibility index (Phi) is 4.48. The number of nitrogens with two attached hydrogens (primary N) is 1. The summed E-state index contributed by atoms with van der Waals surface area (Å²) in [6, 6.07) is 12.6. The Morgan fingerprint density at radius 2 is 1.95 bits per heavy atom. The van der Waals surface area contributed by atoms with Gasteiger partial charge < -0.3 is 10.2 Å². The normalized spacial score (nSPS) is 23.4. The van der Waals surface area contributed by atoms with Gasteiger partial charge in [-0.2, -0.15) is 0 Å². The third-order valence-electron chi connectivity index (χ3n) is 3.94. The number of halogens is 1. The van der Waals surface area contributed by atoms with Gasteiger partial charge in [-0.3, -0.25) is 4.90 Å². The minimum Gasteiger partial charge on any atom is -0.460 e. The molecule has 1 aliphatic heterocycles. The van der Waals surface area contributed by atoms with E-state index >= 15 is 0 Å². The zero-order valence-electron chi connectivity index (χ0n) is 12.3. The highest BCUT2D eigenvalue weighted by Crippen LogP contribution is 2.25. The van der Waals surface area contributed by atoms with Crippen molar-refractivity contribution in [1.82, 2.24) is 4.90 Å². The number of hydrogen-bond donors (Lipinski definition) is 1. The van der Waals surface area contributed by atoms with E-state index in [0.717, 1.165) is 47.6 Å². The molecule has 2 heterocycles. The fourth-order valence-corrected chi connectivity index (χ4v) is 3.36. The van der Waals surface area contributed by atoms with Crippen molar-refractivity contribution in [1.29, 1.82) is 0 Å². The van der Waals surface area contributed by atoms with Gasteiger partial charge >= 0.3 is 0 Å². The molecule has 2 unspecified atom stereocenters. The van der Waals surface area contributed by atoms with Gasteiger partial charge in [0.1, 0.15) is 11.5 Å². The Balaban J connectivity index is 1.69. The van der Waals surface area contributed by atoms with Gasteiger partial charge in [-0.25, -0.2) is 0 Å². The van der Waals surface area contributed by atoms with E-state index in [1.54, 1.807) is 0 Å². The smallest absolute Gasteiger partial charge is 0.134 e. The number of benzene rings is 1. The van der Waals surface area contributed by atoms with E-state index in [-0.39, 0.29) is 6.04 Å². The Morgan fingerprint density at radius 1 is 1.19 bits per heavy atom. The lowest BCUT2D eigenvalue weighted by molar-refractivity contribution is 0.149. The number of rotatable bonds is 3. The lowest BCUT2D eigenvalue weighted by Gasteiger charge is -2.34. The predicted molar refractivity (Wildman–Crippen MR) is 88.9 cm³/mol. The van der Waals surface area contributed by atoms with Gasteiger partial charge in [-0.15, -0.1) is 0 Å². The van der Waals surface area contributed by atoms with E-state index < -0.39 is 0 Å². The van der Waals surface area contributed by atoms with E-state index in [4.69, 9.17) is 10.2 Å². The average Bonchev–Trinajstić information content (AvgIpc) is 2.87. The van der Waals surface area contributed by atoms with E-state index in [1.807, 2.05) is 18.2 Å². The fourth-order valence-electron chi connectivity index (χ4n) is 3.09. The van der Waals surface area contributed by atoms with Crippen LogP contribution in [0.5, 0.6) is 0 Å². The van der Waals surface area contributed by atoms with Crippen molar-refractivity contribution in [2.45, 2.75) is 25.9 Å². The molecule has 1 fully saturated rings. The molecular formula is C17H21BrN2O. The molecule has 1 saturated heterocycles. The molecule has 0 aliphatic carbocycles. The topological polar surface area (TPSA) is 42.4 Å². The van der Waals surface area contributed by atoms with Crippen molar-refractivity contribution in [2.75, 3.05) is 13.1 Å². The molecule has 0 amide bonds. The zero-order valence-corrected chi connectivity index (χ0v) is 13.8. The lowest BCUT2D eigenvalue weighted by Crippen LogP contribution is -2.45. The van der Waals surface area contributed by atoms with E-state index in [1.165, 1.54) is 0 Å². The third-order valence-corrected chi connectivity index (χ3v) is 4.47. The third kappa shape index (κ3) is 3.76. The molecular weight excluding hydrogens is 328 g/mol. The summed E-state index contributed by atoms with van der Waals surface area (Å²) >= 11 is 3.45. The highest BCUT2D eigenvalue weighted by molar-refractivity contribution is 9.10. The molecule has 2 atom stereocenters. The Morgan fingerprint density at radius 3 is 2.67 bits per heavy atom. The van der Waals surface area contributed by atoms with Crippen LogP contribution in [-0.4, -0.2) is 24.0 Å². The molecule has 4 heteroatoms. The number of likely N-dealkylation sites (tertiary alicyclic amines) is 1. The molecule has 2 N–H and O–H groups in total. The minimum atomic E-state index is 0.287. The molecule has 2 aromatic rings. The highest BCUT2D eigenvalue weighted by atomic mass is 79.9. The van der Waals surface area contributed by atoms with Crippen molar-refractivity contribution in [3.63, 3.8) is 0 Å². The lowest BCUT2D eigenvalue weighted by atomic mass is 9.96. The molecule has 0 saturated carbocycles. The summed E-state index contributed by atoms with van der Waals surface area (Å²) in [6.45, 7) is 5.16. The monoisotopic (exact) mass is 348 g/mol. The average molecular weight is 349 g/mol. The first-order valence-electron chi connectivity index (χ1n) is 7.43. The van der Waals surface area contributed by atoms with Gasteiger partial charge in [0.2, 0.25) is 0 Å². The summed E-state index contributed by atoms with van der Waals surface area (Å²) in [5.74, 6) is 2.59. The quantitative estimate of drug-likeness (QED) is 0.915. The molecule has 21 heavy (non-hydrogen) atoms. The Bertz CT molecular complexity index is 583. The first-order valence-corrected chi connectivity index (χ1v) is 8.22. The molecule has 0 spiro atoms.